The molecule has 1 saturated carbocycles. The molecule has 1 aromatic rings. The Kier molecular flexibility index (Phi) is 5.22. The molecular weight excluding hydrogens is 326 g/mol. The molecular formula is C17H25N3O3S. The first kappa shape index (κ1) is 17.4. The van der Waals surface area contributed by atoms with Gasteiger partial charge < -0.3 is 10.6 Å². The Balaban J connectivity index is 1.70. The highest BCUT2D eigenvalue weighted by Crippen LogP contribution is 2.20. The standard InChI is InChI=1S/C17H25N3O3S/c1-2-14-12-20(11-10-18-14)24(22,23)16-8-6-13(7-9-16)17(21)19-15-4-3-5-15/h6-9,14-15,18H,2-5,10-12H2,1H3,(H,19,21). The summed E-state index contributed by atoms with van der Waals surface area (Å²) in [5, 5.41) is 6.28. The minimum atomic E-state index is -3.50. The van der Waals surface area contributed by atoms with Gasteiger partial charge in [-0.2, -0.15) is 4.31 Å². The third-order valence-corrected chi connectivity index (χ3v) is 6.79. The van der Waals surface area contributed by atoms with Crippen molar-refractivity contribution >= 4 is 15.9 Å². The van der Waals surface area contributed by atoms with E-state index in [0.29, 0.717) is 25.2 Å². The monoisotopic (exact) mass is 351 g/mol. The molecule has 0 bridgehead atoms. The lowest BCUT2D eigenvalue weighted by Crippen LogP contribution is -2.52. The molecule has 2 fully saturated rings. The summed E-state index contributed by atoms with van der Waals surface area (Å²) >= 11 is 0. The maximum Gasteiger partial charge on any atom is 0.251 e. The summed E-state index contributed by atoms with van der Waals surface area (Å²) in [5.41, 5.74) is 0.507. The molecule has 1 saturated heterocycles. The normalized spacial score (nSPS) is 22.8. The molecule has 3 rings (SSSR count). The van der Waals surface area contributed by atoms with Crippen molar-refractivity contribution in [2.45, 2.75) is 49.6 Å². The molecule has 1 aromatic carbocycles. The van der Waals surface area contributed by atoms with E-state index in [1.807, 2.05) is 6.92 Å². The highest BCUT2D eigenvalue weighted by atomic mass is 32.2. The third-order valence-electron chi connectivity index (χ3n) is 4.91. The molecule has 1 heterocycles. The van der Waals surface area contributed by atoms with Crippen LogP contribution in [0.25, 0.3) is 0 Å². The SMILES string of the molecule is CCC1CN(S(=O)(=O)c2ccc(C(=O)NC3CCC3)cc2)CCN1. The quantitative estimate of drug-likeness (QED) is 0.839. The van der Waals surface area contributed by atoms with E-state index in [0.717, 1.165) is 25.7 Å². The number of benzene rings is 1. The number of nitrogens with zero attached hydrogens (tertiary/aromatic N) is 1. The Morgan fingerprint density at radius 3 is 2.58 bits per heavy atom. The molecule has 2 aliphatic rings. The first-order valence-corrected chi connectivity index (χ1v) is 10.1. The van der Waals surface area contributed by atoms with Crippen LogP contribution in [0.15, 0.2) is 29.2 Å². The Labute approximate surface area is 143 Å². The van der Waals surface area contributed by atoms with Crippen molar-refractivity contribution in [3.8, 4) is 0 Å². The molecule has 1 atom stereocenters. The molecule has 0 aromatic heterocycles. The lowest BCUT2D eigenvalue weighted by Gasteiger charge is -2.32. The van der Waals surface area contributed by atoms with Gasteiger partial charge in [0, 0.05) is 37.3 Å². The Hall–Kier alpha value is -1.44. The van der Waals surface area contributed by atoms with Crippen molar-refractivity contribution in [1.82, 2.24) is 14.9 Å². The Bertz CT molecular complexity index is 684. The van der Waals surface area contributed by atoms with E-state index >= 15 is 0 Å². The molecule has 1 amide bonds. The van der Waals surface area contributed by atoms with Crippen LogP contribution in [0.5, 0.6) is 0 Å². The molecule has 1 aliphatic heterocycles. The van der Waals surface area contributed by atoms with Gasteiger partial charge in [0.1, 0.15) is 0 Å². The molecule has 0 radical (unpaired) electrons. The molecule has 2 N–H and O–H groups in total. The van der Waals surface area contributed by atoms with Crippen molar-refractivity contribution in [1.29, 1.82) is 0 Å². The largest absolute Gasteiger partial charge is 0.349 e. The van der Waals surface area contributed by atoms with Crippen LogP contribution in [-0.2, 0) is 10.0 Å². The second-order valence-corrected chi connectivity index (χ2v) is 8.49. The molecule has 132 valence electrons. The van der Waals surface area contributed by atoms with Crippen LogP contribution in [0.2, 0.25) is 0 Å². The number of amides is 1. The van der Waals surface area contributed by atoms with Gasteiger partial charge in [-0.25, -0.2) is 8.42 Å². The Morgan fingerprint density at radius 2 is 2.00 bits per heavy atom. The topological polar surface area (TPSA) is 78.5 Å². The summed E-state index contributed by atoms with van der Waals surface area (Å²) in [5.74, 6) is -0.128. The minimum Gasteiger partial charge on any atom is -0.349 e. The summed E-state index contributed by atoms with van der Waals surface area (Å²) in [6.45, 7) is 3.68. The summed E-state index contributed by atoms with van der Waals surface area (Å²) in [4.78, 5) is 12.4. The average molecular weight is 351 g/mol. The van der Waals surface area contributed by atoms with Gasteiger partial charge in [0.2, 0.25) is 10.0 Å². The van der Waals surface area contributed by atoms with Crippen molar-refractivity contribution in [2.75, 3.05) is 19.6 Å². The van der Waals surface area contributed by atoms with Gasteiger partial charge in [0.05, 0.1) is 4.90 Å². The predicted molar refractivity (Wildman–Crippen MR) is 92.4 cm³/mol. The maximum atomic E-state index is 12.8. The second kappa shape index (κ2) is 7.21. The summed E-state index contributed by atoms with van der Waals surface area (Å²) < 4.78 is 27.1. The summed E-state index contributed by atoms with van der Waals surface area (Å²) in [6, 6.07) is 6.73. The predicted octanol–water partition coefficient (Wildman–Crippen LogP) is 1.34. The number of hydrogen-bond acceptors (Lipinski definition) is 4. The first-order chi connectivity index (χ1) is 11.5. The zero-order valence-electron chi connectivity index (χ0n) is 14.0. The second-order valence-electron chi connectivity index (χ2n) is 6.55. The van der Waals surface area contributed by atoms with E-state index in [1.165, 1.54) is 16.4 Å². The molecule has 6 nitrogen and oxygen atoms in total. The van der Waals surface area contributed by atoms with E-state index in [9.17, 15) is 13.2 Å². The van der Waals surface area contributed by atoms with Crippen LogP contribution in [0.4, 0.5) is 0 Å². The van der Waals surface area contributed by atoms with Gasteiger partial charge in [-0.1, -0.05) is 6.92 Å². The number of hydrogen-bond donors (Lipinski definition) is 2. The highest BCUT2D eigenvalue weighted by molar-refractivity contribution is 7.89. The van der Waals surface area contributed by atoms with Crippen LogP contribution in [0, 0.1) is 0 Å². The van der Waals surface area contributed by atoms with Crippen LogP contribution < -0.4 is 10.6 Å². The molecule has 24 heavy (non-hydrogen) atoms. The summed E-state index contributed by atoms with van der Waals surface area (Å²) in [7, 11) is -3.50. The van der Waals surface area contributed by atoms with Gasteiger partial charge in [0.15, 0.2) is 0 Å². The number of carbonyl (C=O) groups excluding carboxylic acids is 1. The smallest absolute Gasteiger partial charge is 0.251 e. The number of sulfonamides is 1. The van der Waals surface area contributed by atoms with Crippen LogP contribution in [0.1, 0.15) is 43.0 Å². The van der Waals surface area contributed by atoms with Gasteiger partial charge >= 0.3 is 0 Å². The maximum absolute atomic E-state index is 12.8. The lowest BCUT2D eigenvalue weighted by molar-refractivity contribution is 0.0917. The lowest BCUT2D eigenvalue weighted by atomic mass is 9.93. The Morgan fingerprint density at radius 1 is 1.29 bits per heavy atom. The number of piperazine rings is 1. The minimum absolute atomic E-state index is 0.128. The number of nitrogens with one attached hydrogen (secondary N) is 2. The fraction of sp³-hybridized carbons (Fsp3) is 0.588. The molecule has 1 unspecified atom stereocenters. The fourth-order valence-electron chi connectivity index (χ4n) is 3.04. The highest BCUT2D eigenvalue weighted by Gasteiger charge is 2.29. The van der Waals surface area contributed by atoms with E-state index in [-0.39, 0.29) is 22.9 Å². The van der Waals surface area contributed by atoms with E-state index in [2.05, 4.69) is 10.6 Å². The molecule has 0 spiro atoms. The van der Waals surface area contributed by atoms with Crippen LogP contribution >= 0.6 is 0 Å². The van der Waals surface area contributed by atoms with Crippen LogP contribution in [0.3, 0.4) is 0 Å². The number of rotatable bonds is 5. The van der Waals surface area contributed by atoms with E-state index in [1.54, 1.807) is 12.1 Å². The van der Waals surface area contributed by atoms with Crippen LogP contribution in [-0.4, -0.2) is 50.3 Å². The zero-order valence-corrected chi connectivity index (χ0v) is 14.8. The molecule has 1 aliphatic carbocycles. The van der Waals surface area contributed by atoms with Crippen molar-refractivity contribution in [2.24, 2.45) is 0 Å². The van der Waals surface area contributed by atoms with Crippen molar-refractivity contribution < 1.29 is 13.2 Å². The fourth-order valence-corrected chi connectivity index (χ4v) is 4.52. The number of carbonyl (C=O) groups is 1. The van der Waals surface area contributed by atoms with Crippen molar-refractivity contribution in [3.63, 3.8) is 0 Å². The summed E-state index contributed by atoms with van der Waals surface area (Å²) in [6.07, 6.45) is 4.11. The van der Waals surface area contributed by atoms with Crippen molar-refractivity contribution in [3.05, 3.63) is 29.8 Å². The van der Waals surface area contributed by atoms with Gasteiger partial charge in [0.25, 0.3) is 5.91 Å². The average Bonchev–Trinajstić information content (AvgIpc) is 2.58. The molecule has 7 heteroatoms. The van der Waals surface area contributed by atoms with E-state index < -0.39 is 10.0 Å². The third kappa shape index (κ3) is 3.63. The zero-order chi connectivity index (χ0) is 17.2. The van der Waals surface area contributed by atoms with Gasteiger partial charge in [-0.05, 0) is 49.9 Å². The van der Waals surface area contributed by atoms with Gasteiger partial charge in [-0.3, -0.25) is 4.79 Å². The first-order valence-electron chi connectivity index (χ1n) is 8.65. The van der Waals surface area contributed by atoms with Gasteiger partial charge in [-0.15, -0.1) is 0 Å². The van der Waals surface area contributed by atoms with E-state index in [4.69, 9.17) is 0 Å².